The van der Waals surface area contributed by atoms with Gasteiger partial charge in [0.15, 0.2) is 0 Å². The second-order valence-electron chi connectivity index (χ2n) is 8.75. The Morgan fingerprint density at radius 3 is 2.55 bits per heavy atom. The highest BCUT2D eigenvalue weighted by Gasteiger charge is 2.47. The zero-order chi connectivity index (χ0) is 22.6. The normalized spacial score (nSPS) is 24.0. The first kappa shape index (κ1) is 23.1. The minimum Gasteiger partial charge on any atom is -0.497 e. The van der Waals surface area contributed by atoms with Crippen LogP contribution >= 0.6 is 0 Å². The van der Waals surface area contributed by atoms with Crippen molar-refractivity contribution in [3.05, 3.63) is 18.2 Å². The van der Waals surface area contributed by atoms with Crippen molar-refractivity contribution < 1.29 is 19.1 Å². The van der Waals surface area contributed by atoms with E-state index in [1.54, 1.807) is 32.2 Å². The number of amides is 3. The van der Waals surface area contributed by atoms with Crippen molar-refractivity contribution in [2.24, 2.45) is 0 Å². The number of hydrogen-bond donors (Lipinski definition) is 2. The molecule has 0 spiro atoms. The number of benzene rings is 1. The third kappa shape index (κ3) is 5.18. The SMILES string of the molecule is COc1ccc(NC(C)=O)c(NC(=O)CN2CCC[C@@]3(C)[C@H]2CCCCN3C(C)=O)c1. The van der Waals surface area contributed by atoms with Crippen LogP contribution in [0.3, 0.4) is 0 Å². The van der Waals surface area contributed by atoms with Crippen molar-refractivity contribution in [2.45, 2.75) is 64.5 Å². The Morgan fingerprint density at radius 2 is 1.87 bits per heavy atom. The van der Waals surface area contributed by atoms with E-state index in [0.717, 1.165) is 45.2 Å². The number of anilines is 2. The van der Waals surface area contributed by atoms with Crippen LogP contribution in [0.1, 0.15) is 52.9 Å². The zero-order valence-corrected chi connectivity index (χ0v) is 19.0. The molecule has 0 radical (unpaired) electrons. The van der Waals surface area contributed by atoms with Crippen LogP contribution in [0.25, 0.3) is 0 Å². The largest absolute Gasteiger partial charge is 0.497 e. The number of carbonyl (C=O) groups is 3. The third-order valence-electron chi connectivity index (χ3n) is 6.55. The lowest BCUT2D eigenvalue weighted by Gasteiger charge is -2.52. The molecule has 170 valence electrons. The van der Waals surface area contributed by atoms with Crippen LogP contribution in [0.4, 0.5) is 11.4 Å². The van der Waals surface area contributed by atoms with Gasteiger partial charge in [0, 0.05) is 32.5 Å². The average molecular weight is 431 g/mol. The minimum atomic E-state index is -0.252. The fourth-order valence-corrected chi connectivity index (χ4v) is 5.16. The van der Waals surface area contributed by atoms with Gasteiger partial charge < -0.3 is 20.3 Å². The maximum atomic E-state index is 13.0. The molecule has 2 atom stereocenters. The third-order valence-corrected chi connectivity index (χ3v) is 6.55. The number of rotatable bonds is 5. The molecular weight excluding hydrogens is 396 g/mol. The first-order valence-corrected chi connectivity index (χ1v) is 11.0. The first-order chi connectivity index (χ1) is 14.7. The van der Waals surface area contributed by atoms with Crippen LogP contribution in [0, 0.1) is 0 Å². The lowest BCUT2D eigenvalue weighted by molar-refractivity contribution is -0.140. The van der Waals surface area contributed by atoms with E-state index in [1.807, 2.05) is 4.90 Å². The predicted octanol–water partition coefficient (Wildman–Crippen LogP) is 2.85. The lowest BCUT2D eigenvalue weighted by atomic mass is 9.79. The molecular formula is C23H34N4O4. The number of nitrogens with zero attached hydrogens (tertiary/aromatic N) is 2. The maximum Gasteiger partial charge on any atom is 0.238 e. The van der Waals surface area contributed by atoms with Crippen molar-refractivity contribution in [3.8, 4) is 5.75 Å². The van der Waals surface area contributed by atoms with Gasteiger partial charge in [-0.2, -0.15) is 0 Å². The van der Waals surface area contributed by atoms with Gasteiger partial charge in [-0.15, -0.1) is 0 Å². The molecule has 0 saturated carbocycles. The summed E-state index contributed by atoms with van der Waals surface area (Å²) < 4.78 is 5.27. The number of nitrogens with one attached hydrogen (secondary N) is 2. The van der Waals surface area contributed by atoms with Crippen molar-refractivity contribution in [1.29, 1.82) is 0 Å². The summed E-state index contributed by atoms with van der Waals surface area (Å²) >= 11 is 0. The van der Waals surface area contributed by atoms with E-state index in [9.17, 15) is 14.4 Å². The van der Waals surface area contributed by atoms with Crippen LogP contribution in [0.5, 0.6) is 5.75 Å². The van der Waals surface area contributed by atoms with Gasteiger partial charge in [0.25, 0.3) is 0 Å². The van der Waals surface area contributed by atoms with Crippen molar-refractivity contribution in [1.82, 2.24) is 9.80 Å². The number of piperidine rings is 1. The molecule has 2 fully saturated rings. The Balaban J connectivity index is 1.77. The molecule has 2 aliphatic heterocycles. The summed E-state index contributed by atoms with van der Waals surface area (Å²) in [6.07, 6.45) is 4.92. The lowest BCUT2D eigenvalue weighted by Crippen LogP contribution is -2.64. The van der Waals surface area contributed by atoms with Gasteiger partial charge in [-0.1, -0.05) is 6.42 Å². The Morgan fingerprint density at radius 1 is 1.10 bits per heavy atom. The minimum absolute atomic E-state index is 0.108. The summed E-state index contributed by atoms with van der Waals surface area (Å²) in [6.45, 7) is 7.10. The summed E-state index contributed by atoms with van der Waals surface area (Å²) in [4.78, 5) is 41.1. The van der Waals surface area contributed by atoms with E-state index in [2.05, 4.69) is 22.5 Å². The number of methoxy groups -OCH3 is 1. The summed E-state index contributed by atoms with van der Waals surface area (Å²) in [7, 11) is 1.56. The molecule has 1 aromatic rings. The number of likely N-dealkylation sites (tertiary alicyclic amines) is 2. The van der Waals surface area contributed by atoms with Crippen LogP contribution in [-0.2, 0) is 14.4 Å². The quantitative estimate of drug-likeness (QED) is 0.750. The molecule has 0 aliphatic carbocycles. The van der Waals surface area contributed by atoms with Crippen molar-refractivity contribution >= 4 is 29.1 Å². The molecule has 2 aliphatic rings. The Hall–Kier alpha value is -2.61. The van der Waals surface area contributed by atoms with E-state index < -0.39 is 0 Å². The second kappa shape index (κ2) is 9.68. The highest BCUT2D eigenvalue weighted by molar-refractivity contribution is 5.99. The highest BCUT2D eigenvalue weighted by atomic mass is 16.5. The molecule has 0 unspecified atom stereocenters. The van der Waals surface area contributed by atoms with Crippen molar-refractivity contribution in [3.63, 3.8) is 0 Å². The molecule has 0 bridgehead atoms. The topological polar surface area (TPSA) is 91.0 Å². The van der Waals surface area contributed by atoms with Crippen LogP contribution in [-0.4, -0.2) is 65.8 Å². The molecule has 2 N–H and O–H groups in total. The summed E-state index contributed by atoms with van der Waals surface area (Å²) in [6, 6.07) is 5.30. The molecule has 3 amide bonds. The molecule has 2 saturated heterocycles. The monoisotopic (exact) mass is 430 g/mol. The first-order valence-electron chi connectivity index (χ1n) is 11.0. The van der Waals surface area contributed by atoms with Crippen LogP contribution < -0.4 is 15.4 Å². The molecule has 31 heavy (non-hydrogen) atoms. The van der Waals surface area contributed by atoms with E-state index in [0.29, 0.717) is 17.1 Å². The van der Waals surface area contributed by atoms with E-state index in [-0.39, 0.29) is 35.8 Å². The van der Waals surface area contributed by atoms with Gasteiger partial charge in [-0.25, -0.2) is 0 Å². The van der Waals surface area contributed by atoms with Crippen LogP contribution in [0.15, 0.2) is 18.2 Å². The van der Waals surface area contributed by atoms with Gasteiger partial charge in [0.05, 0.1) is 30.6 Å². The smallest absolute Gasteiger partial charge is 0.238 e. The fourth-order valence-electron chi connectivity index (χ4n) is 5.16. The van der Waals surface area contributed by atoms with Crippen LogP contribution in [0.2, 0.25) is 0 Å². The second-order valence-corrected chi connectivity index (χ2v) is 8.75. The Labute approximate surface area is 184 Å². The molecule has 2 heterocycles. The zero-order valence-electron chi connectivity index (χ0n) is 19.0. The van der Waals surface area contributed by atoms with Gasteiger partial charge in [0.2, 0.25) is 17.7 Å². The van der Waals surface area contributed by atoms with E-state index >= 15 is 0 Å². The summed E-state index contributed by atoms with van der Waals surface area (Å²) in [5, 5.41) is 5.68. The number of ether oxygens (including phenoxy) is 1. The standard InChI is InChI=1S/C23H34N4O4/c1-16(28)24-19-10-9-18(31-4)14-20(19)25-22(30)15-26-12-7-11-23(3)21(26)8-5-6-13-27(23)17(2)29/h9-10,14,21H,5-8,11-13,15H2,1-4H3,(H,24,28)(H,25,30)/t21-,23+/m1/s1. The van der Waals surface area contributed by atoms with Gasteiger partial charge in [-0.3, -0.25) is 19.3 Å². The van der Waals surface area contributed by atoms with E-state index in [1.165, 1.54) is 6.92 Å². The van der Waals surface area contributed by atoms with Gasteiger partial charge in [-0.05, 0) is 51.3 Å². The average Bonchev–Trinajstić information content (AvgIpc) is 2.88. The predicted molar refractivity (Wildman–Crippen MR) is 120 cm³/mol. The summed E-state index contributed by atoms with van der Waals surface area (Å²) in [5.41, 5.74) is 0.783. The van der Waals surface area contributed by atoms with Gasteiger partial charge in [0.1, 0.15) is 5.75 Å². The number of fused-ring (bicyclic) bond motifs is 1. The molecule has 8 heteroatoms. The molecule has 1 aromatic carbocycles. The molecule has 8 nitrogen and oxygen atoms in total. The highest BCUT2D eigenvalue weighted by Crippen LogP contribution is 2.38. The van der Waals surface area contributed by atoms with Gasteiger partial charge >= 0.3 is 0 Å². The van der Waals surface area contributed by atoms with E-state index in [4.69, 9.17) is 4.74 Å². The maximum absolute atomic E-state index is 13.0. The number of hydrogen-bond acceptors (Lipinski definition) is 5. The summed E-state index contributed by atoms with van der Waals surface area (Å²) in [5.74, 6) is 0.339. The Kier molecular flexibility index (Phi) is 7.20. The fraction of sp³-hybridized carbons (Fsp3) is 0.609. The van der Waals surface area contributed by atoms with Crippen molar-refractivity contribution in [2.75, 3.05) is 37.4 Å². The molecule has 0 aromatic heterocycles. The number of carbonyl (C=O) groups excluding carboxylic acids is 3. The Bertz CT molecular complexity index is 843. The molecule has 3 rings (SSSR count).